The van der Waals surface area contributed by atoms with Crippen LogP contribution >= 0.6 is 0 Å². The van der Waals surface area contributed by atoms with Gasteiger partial charge in [0.15, 0.2) is 0 Å². The number of aliphatic imine (C=N–C) groups is 1. The predicted octanol–water partition coefficient (Wildman–Crippen LogP) is 4.12. The van der Waals surface area contributed by atoms with E-state index >= 15 is 0 Å². The first kappa shape index (κ1) is 16.5. The maximum Gasteiger partial charge on any atom is 0.100 e. The number of benzene rings is 1. The Bertz CT molecular complexity index is 523. The molecule has 2 aliphatic heterocycles. The van der Waals surface area contributed by atoms with Crippen molar-refractivity contribution >= 4 is 5.84 Å². The molecule has 0 saturated carbocycles. The van der Waals surface area contributed by atoms with Gasteiger partial charge in [0.1, 0.15) is 5.84 Å². The van der Waals surface area contributed by atoms with Crippen LogP contribution < -0.4 is 5.32 Å². The fourth-order valence-corrected chi connectivity index (χ4v) is 3.79. The van der Waals surface area contributed by atoms with Crippen molar-refractivity contribution < 1.29 is 0 Å². The molecule has 1 N–H and O–H groups in total. The molecule has 1 atom stereocenters. The summed E-state index contributed by atoms with van der Waals surface area (Å²) in [5.41, 5.74) is 2.99. The Morgan fingerprint density at radius 2 is 2.04 bits per heavy atom. The summed E-state index contributed by atoms with van der Waals surface area (Å²) in [7, 11) is 0. The second-order valence-corrected chi connectivity index (χ2v) is 6.86. The molecule has 0 amide bonds. The Hall–Kier alpha value is -1.35. The van der Waals surface area contributed by atoms with Crippen molar-refractivity contribution in [2.24, 2.45) is 4.99 Å². The standard InChI is InChI=1S/C20H31N3/c1-2-3-9-17-10-4-5-11-18(17)16-22-20-13-7-6-12-19-21-14-8-15-23(19)20/h4-5,10-11,20,22H,2-3,6-9,12-16H2,1H3. The van der Waals surface area contributed by atoms with Crippen LogP contribution in [0.25, 0.3) is 0 Å². The zero-order valence-corrected chi connectivity index (χ0v) is 14.6. The molecule has 3 heteroatoms. The number of hydrogen-bond acceptors (Lipinski definition) is 3. The summed E-state index contributed by atoms with van der Waals surface area (Å²) in [6.45, 7) is 5.45. The molecule has 3 nitrogen and oxygen atoms in total. The van der Waals surface area contributed by atoms with Gasteiger partial charge in [0.2, 0.25) is 0 Å². The lowest BCUT2D eigenvalue weighted by Crippen LogP contribution is -2.49. The minimum atomic E-state index is 0.468. The van der Waals surface area contributed by atoms with Gasteiger partial charge in [-0.05, 0) is 49.7 Å². The lowest BCUT2D eigenvalue weighted by molar-refractivity contribution is 0.240. The van der Waals surface area contributed by atoms with Crippen LogP contribution in [0.5, 0.6) is 0 Å². The molecular formula is C20H31N3. The molecule has 1 fully saturated rings. The van der Waals surface area contributed by atoms with Crippen molar-refractivity contribution in [2.75, 3.05) is 13.1 Å². The Morgan fingerprint density at radius 3 is 2.91 bits per heavy atom. The van der Waals surface area contributed by atoms with E-state index in [9.17, 15) is 0 Å². The van der Waals surface area contributed by atoms with Crippen LogP contribution in [0.3, 0.4) is 0 Å². The third-order valence-corrected chi connectivity index (χ3v) is 5.13. The van der Waals surface area contributed by atoms with E-state index in [1.165, 1.54) is 74.9 Å². The van der Waals surface area contributed by atoms with Gasteiger partial charge in [-0.2, -0.15) is 0 Å². The van der Waals surface area contributed by atoms with E-state index in [1.54, 1.807) is 0 Å². The van der Waals surface area contributed by atoms with Gasteiger partial charge in [-0.25, -0.2) is 0 Å². The molecule has 1 aromatic rings. The number of nitrogens with one attached hydrogen (secondary N) is 1. The van der Waals surface area contributed by atoms with Crippen LogP contribution in [0.4, 0.5) is 0 Å². The largest absolute Gasteiger partial charge is 0.345 e. The zero-order valence-electron chi connectivity index (χ0n) is 14.6. The van der Waals surface area contributed by atoms with E-state index in [-0.39, 0.29) is 0 Å². The Balaban J connectivity index is 1.65. The van der Waals surface area contributed by atoms with Gasteiger partial charge in [-0.15, -0.1) is 0 Å². The van der Waals surface area contributed by atoms with Crippen molar-refractivity contribution in [3.8, 4) is 0 Å². The summed E-state index contributed by atoms with van der Waals surface area (Å²) in [5, 5.41) is 3.84. The first-order chi connectivity index (χ1) is 11.4. The number of unbranched alkanes of at least 4 members (excludes halogenated alkanes) is 1. The second kappa shape index (κ2) is 8.49. The maximum atomic E-state index is 4.78. The van der Waals surface area contributed by atoms with Crippen LogP contribution in [-0.4, -0.2) is 30.0 Å². The van der Waals surface area contributed by atoms with Gasteiger partial charge in [-0.3, -0.25) is 10.3 Å². The van der Waals surface area contributed by atoms with E-state index in [0.29, 0.717) is 6.17 Å². The molecule has 1 aromatic carbocycles. The molecule has 23 heavy (non-hydrogen) atoms. The Labute approximate surface area is 141 Å². The summed E-state index contributed by atoms with van der Waals surface area (Å²) in [6.07, 6.45) is 10.4. The third-order valence-electron chi connectivity index (χ3n) is 5.13. The van der Waals surface area contributed by atoms with Crippen molar-refractivity contribution in [2.45, 2.75) is 71.0 Å². The monoisotopic (exact) mass is 313 g/mol. The number of nitrogens with zero attached hydrogens (tertiary/aromatic N) is 2. The lowest BCUT2D eigenvalue weighted by atomic mass is 10.0. The quantitative estimate of drug-likeness (QED) is 0.855. The molecule has 1 unspecified atom stereocenters. The highest BCUT2D eigenvalue weighted by Gasteiger charge is 2.25. The van der Waals surface area contributed by atoms with Crippen LogP contribution in [0.1, 0.15) is 63.0 Å². The first-order valence-corrected chi connectivity index (χ1v) is 9.48. The van der Waals surface area contributed by atoms with Crippen LogP contribution in [0.2, 0.25) is 0 Å². The Kier molecular flexibility index (Phi) is 6.09. The summed E-state index contributed by atoms with van der Waals surface area (Å²) >= 11 is 0. The molecule has 2 aliphatic rings. The van der Waals surface area contributed by atoms with E-state index in [1.807, 2.05) is 0 Å². The molecule has 0 aromatic heterocycles. The van der Waals surface area contributed by atoms with E-state index in [0.717, 1.165) is 13.1 Å². The predicted molar refractivity (Wildman–Crippen MR) is 97.8 cm³/mol. The molecular weight excluding hydrogens is 282 g/mol. The van der Waals surface area contributed by atoms with Gasteiger partial charge in [0.25, 0.3) is 0 Å². The molecule has 0 aliphatic carbocycles. The molecule has 1 saturated heterocycles. The van der Waals surface area contributed by atoms with Crippen LogP contribution in [-0.2, 0) is 13.0 Å². The summed E-state index contributed by atoms with van der Waals surface area (Å²) in [5.74, 6) is 1.35. The summed E-state index contributed by atoms with van der Waals surface area (Å²) < 4.78 is 0. The van der Waals surface area contributed by atoms with Gasteiger partial charge >= 0.3 is 0 Å². The average Bonchev–Trinajstić information content (AvgIpc) is 2.81. The fourth-order valence-electron chi connectivity index (χ4n) is 3.79. The lowest BCUT2D eigenvalue weighted by Gasteiger charge is -2.35. The smallest absolute Gasteiger partial charge is 0.100 e. The van der Waals surface area contributed by atoms with E-state index < -0.39 is 0 Å². The second-order valence-electron chi connectivity index (χ2n) is 6.86. The number of hydrogen-bond donors (Lipinski definition) is 1. The van der Waals surface area contributed by atoms with Crippen molar-refractivity contribution in [3.63, 3.8) is 0 Å². The van der Waals surface area contributed by atoms with Gasteiger partial charge < -0.3 is 4.90 Å². The SMILES string of the molecule is CCCCc1ccccc1CNC1CCCCC2=NCCCN21. The third kappa shape index (κ3) is 4.35. The summed E-state index contributed by atoms with van der Waals surface area (Å²) in [6, 6.07) is 8.94. The normalized spacial score (nSPS) is 21.5. The van der Waals surface area contributed by atoms with Crippen molar-refractivity contribution in [3.05, 3.63) is 35.4 Å². The average molecular weight is 313 g/mol. The highest BCUT2D eigenvalue weighted by atomic mass is 15.3. The van der Waals surface area contributed by atoms with E-state index in [4.69, 9.17) is 4.99 Å². The van der Waals surface area contributed by atoms with Gasteiger partial charge in [0.05, 0.1) is 6.17 Å². The number of fused-ring (bicyclic) bond motifs is 1. The molecule has 126 valence electrons. The number of aryl methyl sites for hydroxylation is 1. The first-order valence-electron chi connectivity index (χ1n) is 9.48. The molecule has 2 heterocycles. The molecule has 0 bridgehead atoms. The molecule has 0 radical (unpaired) electrons. The zero-order chi connectivity index (χ0) is 15.9. The van der Waals surface area contributed by atoms with Crippen molar-refractivity contribution in [1.82, 2.24) is 10.2 Å². The van der Waals surface area contributed by atoms with Crippen LogP contribution in [0, 0.1) is 0 Å². The van der Waals surface area contributed by atoms with Crippen LogP contribution in [0.15, 0.2) is 29.3 Å². The Morgan fingerprint density at radius 1 is 1.17 bits per heavy atom. The van der Waals surface area contributed by atoms with Gasteiger partial charge in [0, 0.05) is 26.1 Å². The topological polar surface area (TPSA) is 27.6 Å². The van der Waals surface area contributed by atoms with Crippen molar-refractivity contribution in [1.29, 1.82) is 0 Å². The minimum absolute atomic E-state index is 0.468. The van der Waals surface area contributed by atoms with Gasteiger partial charge in [-0.1, -0.05) is 37.6 Å². The number of rotatable bonds is 6. The maximum absolute atomic E-state index is 4.78. The minimum Gasteiger partial charge on any atom is -0.345 e. The highest BCUT2D eigenvalue weighted by molar-refractivity contribution is 5.83. The fraction of sp³-hybridized carbons (Fsp3) is 0.650. The number of amidine groups is 1. The summed E-state index contributed by atoms with van der Waals surface area (Å²) in [4.78, 5) is 7.32. The van der Waals surface area contributed by atoms with E-state index in [2.05, 4.69) is 41.4 Å². The molecule has 3 rings (SSSR count). The molecule has 0 spiro atoms. The highest BCUT2D eigenvalue weighted by Crippen LogP contribution is 2.21.